The Labute approximate surface area is 111 Å². The smallest absolute Gasteiger partial charge is 0.0368 e. The van der Waals surface area contributed by atoms with Gasteiger partial charge in [-0.25, -0.2) is 0 Å². The summed E-state index contributed by atoms with van der Waals surface area (Å²) < 4.78 is 0. The van der Waals surface area contributed by atoms with E-state index in [0.29, 0.717) is 12.1 Å². The van der Waals surface area contributed by atoms with E-state index in [1.54, 1.807) is 0 Å². The van der Waals surface area contributed by atoms with Crippen LogP contribution in [0.15, 0.2) is 24.3 Å². The second-order valence-electron chi connectivity index (χ2n) is 5.88. The summed E-state index contributed by atoms with van der Waals surface area (Å²) in [7, 11) is 0. The fraction of sp³-hybridized carbons (Fsp3) is 0.625. The molecule has 100 valence electrons. The summed E-state index contributed by atoms with van der Waals surface area (Å²) in [6.07, 6.45) is 3.34. The average molecular weight is 246 g/mol. The van der Waals surface area contributed by atoms with Crippen molar-refractivity contribution in [1.82, 2.24) is 0 Å². The highest BCUT2D eigenvalue weighted by atomic mass is 15.2. The van der Waals surface area contributed by atoms with Crippen LogP contribution in [0.2, 0.25) is 0 Å². The van der Waals surface area contributed by atoms with Gasteiger partial charge < -0.3 is 10.6 Å². The fourth-order valence-corrected chi connectivity index (χ4v) is 2.93. The molecule has 1 aromatic rings. The molecule has 2 nitrogen and oxygen atoms in total. The first kappa shape index (κ1) is 13.4. The summed E-state index contributed by atoms with van der Waals surface area (Å²) >= 11 is 0. The minimum absolute atomic E-state index is 0.293. The van der Waals surface area contributed by atoms with E-state index in [0.717, 1.165) is 18.8 Å². The molecule has 2 N–H and O–H groups in total. The molecule has 1 saturated heterocycles. The molecule has 0 bridgehead atoms. The van der Waals surface area contributed by atoms with Gasteiger partial charge in [0.25, 0.3) is 0 Å². The van der Waals surface area contributed by atoms with E-state index in [9.17, 15) is 0 Å². The van der Waals surface area contributed by atoms with Gasteiger partial charge in [0, 0.05) is 24.3 Å². The normalized spacial score (nSPS) is 25.4. The van der Waals surface area contributed by atoms with E-state index in [4.69, 9.17) is 5.73 Å². The summed E-state index contributed by atoms with van der Waals surface area (Å²) in [4.78, 5) is 2.52. The van der Waals surface area contributed by atoms with Crippen LogP contribution < -0.4 is 10.6 Å². The fourth-order valence-electron chi connectivity index (χ4n) is 2.93. The van der Waals surface area contributed by atoms with Gasteiger partial charge in [-0.2, -0.15) is 0 Å². The monoisotopic (exact) mass is 246 g/mol. The molecule has 0 aliphatic carbocycles. The Morgan fingerprint density at radius 2 is 1.94 bits per heavy atom. The lowest BCUT2D eigenvalue weighted by Crippen LogP contribution is -2.26. The van der Waals surface area contributed by atoms with Crippen molar-refractivity contribution in [3.8, 4) is 0 Å². The standard InChI is InChI=1S/C16H26N2/c1-4-15(17)10-14-5-7-16(8-6-14)18-11-12(2)9-13(18)3/h5-8,12-13,15H,4,9-11,17H2,1-3H3. The van der Waals surface area contributed by atoms with Crippen molar-refractivity contribution in [2.45, 2.75) is 52.1 Å². The number of nitrogens with two attached hydrogens (primary N) is 1. The highest BCUT2D eigenvalue weighted by Crippen LogP contribution is 2.28. The van der Waals surface area contributed by atoms with E-state index in [1.165, 1.54) is 24.2 Å². The summed E-state index contributed by atoms with van der Waals surface area (Å²) in [6.45, 7) is 8.00. The molecule has 2 heteroatoms. The highest BCUT2D eigenvalue weighted by Gasteiger charge is 2.25. The number of anilines is 1. The molecule has 2 rings (SSSR count). The third kappa shape index (κ3) is 3.05. The van der Waals surface area contributed by atoms with Crippen molar-refractivity contribution < 1.29 is 0 Å². The van der Waals surface area contributed by atoms with Crippen LogP contribution >= 0.6 is 0 Å². The average Bonchev–Trinajstić information content (AvgIpc) is 2.69. The summed E-state index contributed by atoms with van der Waals surface area (Å²) in [5, 5.41) is 0. The third-order valence-electron chi connectivity index (χ3n) is 4.07. The molecule has 0 spiro atoms. The molecule has 0 radical (unpaired) electrons. The van der Waals surface area contributed by atoms with Crippen LogP contribution in [0, 0.1) is 5.92 Å². The van der Waals surface area contributed by atoms with Crippen molar-refractivity contribution in [1.29, 1.82) is 0 Å². The number of nitrogens with zero attached hydrogens (tertiary/aromatic N) is 1. The summed E-state index contributed by atoms with van der Waals surface area (Å²) in [6, 6.07) is 9.95. The van der Waals surface area contributed by atoms with Gasteiger partial charge in [-0.15, -0.1) is 0 Å². The number of benzene rings is 1. The van der Waals surface area contributed by atoms with Crippen LogP contribution in [-0.4, -0.2) is 18.6 Å². The van der Waals surface area contributed by atoms with Gasteiger partial charge in [0.1, 0.15) is 0 Å². The Bertz CT molecular complexity index is 371. The zero-order valence-electron chi connectivity index (χ0n) is 11.9. The van der Waals surface area contributed by atoms with Gasteiger partial charge in [0.2, 0.25) is 0 Å². The molecule has 0 saturated carbocycles. The molecule has 1 aliphatic rings. The highest BCUT2D eigenvalue weighted by molar-refractivity contribution is 5.49. The minimum atomic E-state index is 0.293. The Morgan fingerprint density at radius 1 is 1.28 bits per heavy atom. The van der Waals surface area contributed by atoms with Crippen molar-refractivity contribution in [2.24, 2.45) is 11.7 Å². The summed E-state index contributed by atoms with van der Waals surface area (Å²) in [5.74, 6) is 0.813. The number of hydrogen-bond donors (Lipinski definition) is 1. The topological polar surface area (TPSA) is 29.3 Å². The van der Waals surface area contributed by atoms with E-state index >= 15 is 0 Å². The van der Waals surface area contributed by atoms with E-state index in [-0.39, 0.29) is 0 Å². The second-order valence-corrected chi connectivity index (χ2v) is 5.88. The lowest BCUT2D eigenvalue weighted by molar-refractivity contribution is 0.625. The van der Waals surface area contributed by atoms with Gasteiger partial charge in [-0.1, -0.05) is 26.0 Å². The molecule has 1 fully saturated rings. The Hall–Kier alpha value is -1.02. The predicted molar refractivity (Wildman–Crippen MR) is 79.0 cm³/mol. The lowest BCUT2D eigenvalue weighted by Gasteiger charge is -2.24. The van der Waals surface area contributed by atoms with Gasteiger partial charge in [0.15, 0.2) is 0 Å². The first-order valence-corrected chi connectivity index (χ1v) is 7.21. The maximum Gasteiger partial charge on any atom is 0.0368 e. The van der Waals surface area contributed by atoms with E-state index < -0.39 is 0 Å². The first-order chi connectivity index (χ1) is 8.60. The lowest BCUT2D eigenvalue weighted by atomic mass is 10.0. The van der Waals surface area contributed by atoms with Crippen LogP contribution in [0.1, 0.15) is 39.2 Å². The molecule has 3 unspecified atom stereocenters. The largest absolute Gasteiger partial charge is 0.369 e. The molecule has 0 amide bonds. The second kappa shape index (κ2) is 5.75. The molecule has 1 aromatic carbocycles. The first-order valence-electron chi connectivity index (χ1n) is 7.21. The van der Waals surface area contributed by atoms with Crippen LogP contribution in [0.25, 0.3) is 0 Å². The molecule has 3 atom stereocenters. The number of hydrogen-bond acceptors (Lipinski definition) is 2. The third-order valence-corrected chi connectivity index (χ3v) is 4.07. The maximum atomic E-state index is 6.00. The molecular formula is C16H26N2. The van der Waals surface area contributed by atoms with Crippen LogP contribution in [0.3, 0.4) is 0 Å². The Kier molecular flexibility index (Phi) is 4.28. The van der Waals surface area contributed by atoms with Crippen molar-refractivity contribution in [3.63, 3.8) is 0 Å². The van der Waals surface area contributed by atoms with Gasteiger partial charge in [-0.3, -0.25) is 0 Å². The zero-order valence-corrected chi connectivity index (χ0v) is 11.9. The van der Waals surface area contributed by atoms with Gasteiger partial charge in [0.05, 0.1) is 0 Å². The Balaban J connectivity index is 2.03. The SMILES string of the molecule is CCC(N)Cc1ccc(N2CC(C)CC2C)cc1. The van der Waals surface area contributed by atoms with E-state index in [2.05, 4.69) is 49.9 Å². The minimum Gasteiger partial charge on any atom is -0.369 e. The van der Waals surface area contributed by atoms with Crippen molar-refractivity contribution in [2.75, 3.05) is 11.4 Å². The predicted octanol–water partition coefficient (Wildman–Crippen LogP) is 3.20. The zero-order chi connectivity index (χ0) is 13.1. The molecular weight excluding hydrogens is 220 g/mol. The maximum absolute atomic E-state index is 6.00. The quantitative estimate of drug-likeness (QED) is 0.884. The van der Waals surface area contributed by atoms with Crippen molar-refractivity contribution >= 4 is 5.69 Å². The van der Waals surface area contributed by atoms with Gasteiger partial charge in [-0.05, 0) is 49.8 Å². The number of rotatable bonds is 4. The molecule has 0 aromatic heterocycles. The van der Waals surface area contributed by atoms with Crippen LogP contribution in [0.5, 0.6) is 0 Å². The molecule has 1 aliphatic heterocycles. The summed E-state index contributed by atoms with van der Waals surface area (Å²) in [5.41, 5.74) is 8.71. The van der Waals surface area contributed by atoms with E-state index in [1.807, 2.05) is 0 Å². The molecule has 18 heavy (non-hydrogen) atoms. The van der Waals surface area contributed by atoms with Crippen molar-refractivity contribution in [3.05, 3.63) is 29.8 Å². The van der Waals surface area contributed by atoms with Gasteiger partial charge >= 0.3 is 0 Å². The van der Waals surface area contributed by atoms with Crippen LogP contribution in [-0.2, 0) is 6.42 Å². The molecule has 1 heterocycles. The van der Waals surface area contributed by atoms with Crippen LogP contribution in [0.4, 0.5) is 5.69 Å². The Morgan fingerprint density at radius 3 is 2.44 bits per heavy atom.